The van der Waals surface area contributed by atoms with Crippen molar-refractivity contribution in [3.05, 3.63) is 51.7 Å². The second kappa shape index (κ2) is 16.0. The molecule has 172 valence electrons. The highest BCUT2D eigenvalue weighted by Gasteiger charge is 2.15. The summed E-state index contributed by atoms with van der Waals surface area (Å²) in [6, 6.07) is 10.4. The Bertz CT molecular complexity index is 727. The van der Waals surface area contributed by atoms with Crippen LogP contribution in [0.25, 0.3) is 0 Å². The summed E-state index contributed by atoms with van der Waals surface area (Å²) in [7, 11) is 0. The maximum Gasteiger partial charge on any atom is 0.311 e. The molecule has 0 spiro atoms. The number of rotatable bonds is 12. The fraction of sp³-hybridized carbons (Fsp3) is 0.593. The Morgan fingerprint density at radius 1 is 0.968 bits per heavy atom. The predicted molar refractivity (Wildman–Crippen MR) is 133 cm³/mol. The van der Waals surface area contributed by atoms with Crippen molar-refractivity contribution in [2.75, 3.05) is 13.1 Å². The first-order chi connectivity index (χ1) is 15.2. The molecule has 2 aromatic rings. The molecular weight excluding hydrogens is 402 g/mol. The Kier molecular flexibility index (Phi) is 13.3. The zero-order valence-corrected chi connectivity index (χ0v) is 20.4. The van der Waals surface area contributed by atoms with E-state index in [2.05, 4.69) is 42.7 Å². The van der Waals surface area contributed by atoms with Crippen LogP contribution in [0.2, 0.25) is 0 Å². The smallest absolute Gasteiger partial charge is 0.311 e. The van der Waals surface area contributed by atoms with Crippen molar-refractivity contribution in [3.8, 4) is 5.75 Å². The number of aryl methyl sites for hydroxylation is 1. The van der Waals surface area contributed by atoms with Crippen molar-refractivity contribution in [3.63, 3.8) is 0 Å². The van der Waals surface area contributed by atoms with Crippen LogP contribution in [0.1, 0.15) is 87.6 Å². The van der Waals surface area contributed by atoms with E-state index in [0.29, 0.717) is 6.42 Å². The number of thiophene rings is 1. The number of nitrogens with one attached hydrogen (secondary N) is 1. The standard InChI is InChI=1S/C18H26O2.C9H15NS/c1-2-3-4-5-6-14-18(19)20-17-13-9-11-15-10-7-8-12-16(15)17;1-2-6-10-7-5-9-4-3-8-11-9/h9,11,13H,2-8,10,12,14H2,1H3;3-4,8,10H,2,5-7H2,1H3. The molecule has 0 aliphatic heterocycles. The number of ether oxygens (including phenoxy) is 1. The molecule has 1 aromatic heterocycles. The van der Waals surface area contributed by atoms with Crippen LogP contribution in [0.15, 0.2) is 35.7 Å². The molecule has 0 fully saturated rings. The molecule has 1 aromatic carbocycles. The van der Waals surface area contributed by atoms with Crippen molar-refractivity contribution in [2.45, 2.75) is 90.9 Å². The van der Waals surface area contributed by atoms with Crippen LogP contribution in [-0.2, 0) is 24.1 Å². The van der Waals surface area contributed by atoms with Gasteiger partial charge in [0.15, 0.2) is 0 Å². The molecule has 4 heteroatoms. The highest BCUT2D eigenvalue weighted by molar-refractivity contribution is 7.09. The number of esters is 1. The Balaban J connectivity index is 0.000000262. The lowest BCUT2D eigenvalue weighted by atomic mass is 9.91. The van der Waals surface area contributed by atoms with Gasteiger partial charge in [-0.2, -0.15) is 0 Å². The zero-order valence-electron chi connectivity index (χ0n) is 19.6. The molecule has 3 rings (SSSR count). The lowest BCUT2D eigenvalue weighted by molar-refractivity contribution is -0.134. The van der Waals surface area contributed by atoms with Crippen LogP contribution < -0.4 is 10.1 Å². The topological polar surface area (TPSA) is 38.3 Å². The van der Waals surface area contributed by atoms with Gasteiger partial charge in [-0.3, -0.25) is 4.79 Å². The number of hydrogen-bond donors (Lipinski definition) is 1. The minimum Gasteiger partial charge on any atom is -0.426 e. The average molecular weight is 444 g/mol. The highest BCUT2D eigenvalue weighted by Crippen LogP contribution is 2.29. The molecule has 0 amide bonds. The second-order valence-corrected chi connectivity index (χ2v) is 9.35. The summed E-state index contributed by atoms with van der Waals surface area (Å²) in [5.74, 6) is 0.737. The minimum absolute atomic E-state index is 0.0690. The van der Waals surface area contributed by atoms with Crippen molar-refractivity contribution < 1.29 is 9.53 Å². The van der Waals surface area contributed by atoms with Gasteiger partial charge >= 0.3 is 5.97 Å². The van der Waals surface area contributed by atoms with E-state index >= 15 is 0 Å². The quantitative estimate of drug-likeness (QED) is 0.215. The van der Waals surface area contributed by atoms with Gasteiger partial charge in [0, 0.05) is 11.3 Å². The molecule has 0 saturated heterocycles. The van der Waals surface area contributed by atoms with E-state index in [0.717, 1.165) is 44.5 Å². The molecule has 1 aliphatic rings. The van der Waals surface area contributed by atoms with Gasteiger partial charge in [0.25, 0.3) is 0 Å². The fourth-order valence-electron chi connectivity index (χ4n) is 3.86. The van der Waals surface area contributed by atoms with Crippen molar-refractivity contribution in [1.29, 1.82) is 0 Å². The van der Waals surface area contributed by atoms with E-state index in [-0.39, 0.29) is 5.97 Å². The van der Waals surface area contributed by atoms with Gasteiger partial charge in [-0.25, -0.2) is 0 Å². The molecule has 0 radical (unpaired) electrons. The highest BCUT2D eigenvalue weighted by atomic mass is 32.1. The van der Waals surface area contributed by atoms with Crippen LogP contribution in [0.5, 0.6) is 5.75 Å². The van der Waals surface area contributed by atoms with Crippen molar-refractivity contribution in [1.82, 2.24) is 5.32 Å². The van der Waals surface area contributed by atoms with Gasteiger partial charge < -0.3 is 10.1 Å². The first-order valence-electron chi connectivity index (χ1n) is 12.3. The van der Waals surface area contributed by atoms with Gasteiger partial charge in [0.05, 0.1) is 0 Å². The Morgan fingerprint density at radius 2 is 1.81 bits per heavy atom. The summed E-state index contributed by atoms with van der Waals surface area (Å²) in [4.78, 5) is 13.4. The molecule has 1 heterocycles. The summed E-state index contributed by atoms with van der Waals surface area (Å²) in [6.45, 7) is 6.66. The largest absolute Gasteiger partial charge is 0.426 e. The Morgan fingerprint density at radius 3 is 2.58 bits per heavy atom. The fourth-order valence-corrected chi connectivity index (χ4v) is 4.57. The van der Waals surface area contributed by atoms with Gasteiger partial charge in [-0.1, -0.05) is 57.7 Å². The lowest BCUT2D eigenvalue weighted by Crippen LogP contribution is -2.17. The van der Waals surface area contributed by atoms with Gasteiger partial charge in [0.2, 0.25) is 0 Å². The summed E-state index contributed by atoms with van der Waals surface area (Å²) in [6.07, 6.45) is 13.4. The number of carbonyl (C=O) groups excluding carboxylic acids is 1. The monoisotopic (exact) mass is 443 g/mol. The molecule has 0 saturated carbocycles. The van der Waals surface area contributed by atoms with E-state index in [1.165, 1.54) is 60.9 Å². The van der Waals surface area contributed by atoms with Gasteiger partial charge in [-0.05, 0) is 86.7 Å². The average Bonchev–Trinajstić information content (AvgIpc) is 3.31. The van der Waals surface area contributed by atoms with Crippen LogP contribution in [0, 0.1) is 0 Å². The number of fused-ring (bicyclic) bond motifs is 1. The van der Waals surface area contributed by atoms with Gasteiger partial charge in [0.1, 0.15) is 5.75 Å². The number of unbranched alkanes of at least 4 members (excludes halogenated alkanes) is 4. The van der Waals surface area contributed by atoms with E-state index < -0.39 is 0 Å². The minimum atomic E-state index is -0.0690. The lowest BCUT2D eigenvalue weighted by Gasteiger charge is -2.18. The van der Waals surface area contributed by atoms with Crippen molar-refractivity contribution in [2.24, 2.45) is 0 Å². The molecule has 0 unspecified atom stereocenters. The molecule has 0 atom stereocenters. The van der Waals surface area contributed by atoms with Crippen molar-refractivity contribution >= 4 is 17.3 Å². The van der Waals surface area contributed by atoms with E-state index in [1.807, 2.05) is 23.5 Å². The maximum atomic E-state index is 11.9. The number of carbonyl (C=O) groups is 1. The molecule has 1 N–H and O–H groups in total. The van der Waals surface area contributed by atoms with Crippen LogP contribution >= 0.6 is 11.3 Å². The summed E-state index contributed by atoms with van der Waals surface area (Å²) in [5, 5.41) is 5.51. The summed E-state index contributed by atoms with van der Waals surface area (Å²) < 4.78 is 5.58. The van der Waals surface area contributed by atoms with Crippen LogP contribution in [0.3, 0.4) is 0 Å². The number of hydrogen-bond acceptors (Lipinski definition) is 4. The van der Waals surface area contributed by atoms with Crippen LogP contribution in [0.4, 0.5) is 0 Å². The summed E-state index contributed by atoms with van der Waals surface area (Å²) >= 11 is 1.84. The van der Waals surface area contributed by atoms with E-state index in [1.54, 1.807) is 0 Å². The molecule has 1 aliphatic carbocycles. The van der Waals surface area contributed by atoms with E-state index in [9.17, 15) is 4.79 Å². The first kappa shape index (κ1) is 25.6. The third kappa shape index (κ3) is 10.5. The number of benzene rings is 1. The SMILES string of the molecule is CCCCCCCC(=O)Oc1cccc2c1CCCC2.CCCNCCc1cccs1. The van der Waals surface area contributed by atoms with Crippen LogP contribution in [-0.4, -0.2) is 19.1 Å². The first-order valence-corrected chi connectivity index (χ1v) is 13.2. The third-order valence-corrected chi connectivity index (χ3v) is 6.55. The molecular formula is C27H41NO2S. The van der Waals surface area contributed by atoms with E-state index in [4.69, 9.17) is 4.74 Å². The molecule has 3 nitrogen and oxygen atoms in total. The Hall–Kier alpha value is -1.65. The normalized spacial score (nSPS) is 12.6. The molecule has 31 heavy (non-hydrogen) atoms. The Labute approximate surface area is 193 Å². The predicted octanol–water partition coefficient (Wildman–Crippen LogP) is 7.12. The zero-order chi connectivity index (χ0) is 22.2. The summed E-state index contributed by atoms with van der Waals surface area (Å²) in [5.41, 5.74) is 2.63. The maximum absolute atomic E-state index is 11.9. The van der Waals surface area contributed by atoms with Gasteiger partial charge in [-0.15, -0.1) is 11.3 Å². The molecule has 0 bridgehead atoms. The third-order valence-electron chi connectivity index (χ3n) is 5.62. The second-order valence-electron chi connectivity index (χ2n) is 8.32.